The molecule has 0 saturated carbocycles. The van der Waals surface area contributed by atoms with Crippen LogP contribution in [0.1, 0.15) is 31.0 Å². The molecule has 2 aromatic carbocycles. The van der Waals surface area contributed by atoms with Crippen LogP contribution in [0.3, 0.4) is 0 Å². The van der Waals surface area contributed by atoms with Crippen molar-refractivity contribution in [2.75, 3.05) is 26.9 Å². The lowest BCUT2D eigenvalue weighted by molar-refractivity contribution is -0.136. The first-order chi connectivity index (χ1) is 18.8. The minimum Gasteiger partial charge on any atom is -0.490 e. The van der Waals surface area contributed by atoms with Crippen molar-refractivity contribution in [1.82, 2.24) is 16.1 Å². The molecule has 0 aliphatic carbocycles. The molecule has 0 radical (unpaired) electrons. The van der Waals surface area contributed by atoms with Crippen molar-refractivity contribution in [2.45, 2.75) is 26.1 Å². The Morgan fingerprint density at radius 2 is 1.97 bits per heavy atom. The molecule has 12 heteroatoms. The molecule has 2 aromatic rings. The van der Waals surface area contributed by atoms with E-state index in [0.717, 1.165) is 4.47 Å². The van der Waals surface area contributed by atoms with E-state index >= 15 is 0 Å². The van der Waals surface area contributed by atoms with Gasteiger partial charge in [-0.05, 0) is 49.7 Å². The fraction of sp³-hybridized carbons (Fsp3) is 0.296. The summed E-state index contributed by atoms with van der Waals surface area (Å²) in [5, 5.41) is 19.8. The van der Waals surface area contributed by atoms with Crippen LogP contribution in [0, 0.1) is 0 Å². The van der Waals surface area contributed by atoms with E-state index in [-0.39, 0.29) is 12.2 Å². The average molecular weight is 603 g/mol. The fourth-order valence-corrected chi connectivity index (χ4v) is 4.09. The molecule has 1 aliphatic heterocycles. The molecule has 1 aliphatic rings. The number of aliphatic hydroxyl groups excluding tert-OH is 1. The SMILES string of the molecule is C=CCOc1ccc(Br)cc1/C=N/N[C@H](O)COc1ccc([C@@H]2NC(=O)NC(C)=C2C(=O)OC)cc1OCC. The lowest BCUT2D eigenvalue weighted by Crippen LogP contribution is -2.45. The average Bonchev–Trinajstić information content (AvgIpc) is 2.91. The highest BCUT2D eigenvalue weighted by atomic mass is 79.9. The maximum Gasteiger partial charge on any atom is 0.337 e. The topological polar surface area (TPSA) is 140 Å². The Morgan fingerprint density at radius 1 is 1.21 bits per heavy atom. The van der Waals surface area contributed by atoms with Gasteiger partial charge >= 0.3 is 12.0 Å². The number of benzene rings is 2. The van der Waals surface area contributed by atoms with Crippen LogP contribution in [-0.2, 0) is 9.53 Å². The molecule has 2 atom stereocenters. The van der Waals surface area contributed by atoms with Crippen LogP contribution < -0.4 is 30.3 Å². The molecular formula is C27H31BrN4O7. The van der Waals surface area contributed by atoms with Gasteiger partial charge in [-0.15, -0.1) is 0 Å². The van der Waals surface area contributed by atoms with Crippen molar-refractivity contribution < 1.29 is 33.6 Å². The second-order valence-electron chi connectivity index (χ2n) is 8.20. The molecular weight excluding hydrogens is 572 g/mol. The van der Waals surface area contributed by atoms with Gasteiger partial charge in [-0.2, -0.15) is 5.10 Å². The number of nitrogens with one attached hydrogen (secondary N) is 3. The molecule has 11 nitrogen and oxygen atoms in total. The number of nitrogens with zero attached hydrogens (tertiary/aromatic N) is 1. The van der Waals surface area contributed by atoms with Crippen LogP contribution >= 0.6 is 15.9 Å². The third kappa shape index (κ3) is 7.98. The van der Waals surface area contributed by atoms with Crippen LogP contribution in [0.2, 0.25) is 0 Å². The van der Waals surface area contributed by atoms with Crippen molar-refractivity contribution in [3.05, 3.63) is 75.9 Å². The summed E-state index contributed by atoms with van der Waals surface area (Å²) in [5.41, 5.74) is 4.56. The summed E-state index contributed by atoms with van der Waals surface area (Å²) in [6, 6.07) is 9.28. The predicted molar refractivity (Wildman–Crippen MR) is 149 cm³/mol. The molecule has 0 unspecified atom stereocenters. The first-order valence-electron chi connectivity index (χ1n) is 12.0. The number of urea groups is 1. The van der Waals surface area contributed by atoms with Gasteiger partial charge in [0.05, 0.1) is 31.5 Å². The second kappa shape index (κ2) is 14.2. The van der Waals surface area contributed by atoms with Gasteiger partial charge in [0.2, 0.25) is 0 Å². The largest absolute Gasteiger partial charge is 0.490 e. The number of esters is 1. The summed E-state index contributed by atoms with van der Waals surface area (Å²) in [5.74, 6) is 0.776. The number of ether oxygens (including phenoxy) is 4. The number of hydrazone groups is 1. The van der Waals surface area contributed by atoms with Crippen LogP contribution in [0.4, 0.5) is 4.79 Å². The van der Waals surface area contributed by atoms with Gasteiger partial charge in [0, 0.05) is 15.7 Å². The minimum atomic E-state index is -1.14. The number of aliphatic hydroxyl groups is 1. The van der Waals surface area contributed by atoms with Crippen LogP contribution in [0.25, 0.3) is 0 Å². The molecule has 0 saturated heterocycles. The van der Waals surface area contributed by atoms with Crippen molar-refractivity contribution >= 4 is 34.1 Å². The lowest BCUT2D eigenvalue weighted by atomic mass is 9.95. The normalized spacial score (nSPS) is 15.7. The van der Waals surface area contributed by atoms with E-state index in [1.165, 1.54) is 13.3 Å². The second-order valence-corrected chi connectivity index (χ2v) is 9.11. The Hall–Kier alpha value is -4.03. The van der Waals surface area contributed by atoms with Crippen molar-refractivity contribution in [3.8, 4) is 17.2 Å². The van der Waals surface area contributed by atoms with E-state index in [4.69, 9.17) is 18.9 Å². The summed E-state index contributed by atoms with van der Waals surface area (Å²) in [4.78, 5) is 24.5. The molecule has 1 heterocycles. The Balaban J connectivity index is 1.70. The van der Waals surface area contributed by atoms with E-state index in [2.05, 4.69) is 43.7 Å². The Morgan fingerprint density at radius 3 is 2.69 bits per heavy atom. The molecule has 0 bridgehead atoms. The summed E-state index contributed by atoms with van der Waals surface area (Å²) in [6.45, 7) is 7.62. The highest BCUT2D eigenvalue weighted by Gasteiger charge is 2.32. The summed E-state index contributed by atoms with van der Waals surface area (Å²) < 4.78 is 22.9. The van der Waals surface area contributed by atoms with Gasteiger partial charge in [-0.1, -0.05) is 34.7 Å². The number of halogens is 1. The van der Waals surface area contributed by atoms with E-state index in [1.807, 2.05) is 19.1 Å². The maximum absolute atomic E-state index is 12.4. The highest BCUT2D eigenvalue weighted by molar-refractivity contribution is 9.10. The van der Waals surface area contributed by atoms with E-state index in [1.54, 1.807) is 37.3 Å². The number of allylic oxidation sites excluding steroid dienone is 1. The summed E-state index contributed by atoms with van der Waals surface area (Å²) in [6.07, 6.45) is 2.03. The van der Waals surface area contributed by atoms with Gasteiger partial charge in [0.15, 0.2) is 17.7 Å². The summed E-state index contributed by atoms with van der Waals surface area (Å²) >= 11 is 3.42. The minimum absolute atomic E-state index is 0.147. The molecule has 0 fully saturated rings. The zero-order chi connectivity index (χ0) is 28.4. The van der Waals surface area contributed by atoms with E-state index in [9.17, 15) is 14.7 Å². The van der Waals surface area contributed by atoms with Crippen LogP contribution in [0.5, 0.6) is 17.2 Å². The first kappa shape index (κ1) is 29.5. The first-order valence-corrected chi connectivity index (χ1v) is 12.8. The Bertz CT molecular complexity index is 1260. The molecule has 0 spiro atoms. The molecule has 2 amide bonds. The summed E-state index contributed by atoms with van der Waals surface area (Å²) in [7, 11) is 1.27. The number of carbonyl (C=O) groups excluding carboxylic acids is 2. The molecule has 4 N–H and O–H groups in total. The van der Waals surface area contributed by atoms with Gasteiger partial charge in [-0.3, -0.25) is 5.43 Å². The lowest BCUT2D eigenvalue weighted by Gasteiger charge is -2.28. The Labute approximate surface area is 235 Å². The van der Waals surface area contributed by atoms with Gasteiger partial charge in [-0.25, -0.2) is 9.59 Å². The third-order valence-electron chi connectivity index (χ3n) is 5.43. The number of carbonyl (C=O) groups is 2. The third-order valence-corrected chi connectivity index (χ3v) is 5.92. The number of amides is 2. The maximum atomic E-state index is 12.4. The predicted octanol–water partition coefficient (Wildman–Crippen LogP) is 3.53. The monoisotopic (exact) mass is 602 g/mol. The van der Waals surface area contributed by atoms with Crippen LogP contribution in [-0.4, -0.2) is 56.5 Å². The van der Waals surface area contributed by atoms with Crippen molar-refractivity contribution in [3.63, 3.8) is 0 Å². The van der Waals surface area contributed by atoms with Gasteiger partial charge < -0.3 is 34.7 Å². The standard InChI is InChI=1S/C27H31BrN4O7/c1-5-11-38-20-10-8-19(28)12-18(20)14-29-32-23(33)15-39-21-9-7-17(13-22(21)37-6-2)25-24(26(34)36-4)16(3)30-27(35)31-25/h5,7-10,12-14,23,25,32-33H,1,6,11,15H2,2-4H3,(H2,30,31,35)/b29-14+/t23-,25+/m1/s1. The number of hydrogen-bond donors (Lipinski definition) is 4. The van der Waals surface area contributed by atoms with Crippen molar-refractivity contribution in [1.29, 1.82) is 0 Å². The zero-order valence-electron chi connectivity index (χ0n) is 21.8. The number of hydrogen-bond acceptors (Lipinski definition) is 9. The van der Waals surface area contributed by atoms with E-state index in [0.29, 0.717) is 47.3 Å². The quantitative estimate of drug-likeness (QED) is 0.0897. The Kier molecular flexibility index (Phi) is 10.8. The van der Waals surface area contributed by atoms with Crippen molar-refractivity contribution in [2.24, 2.45) is 5.10 Å². The van der Waals surface area contributed by atoms with Crippen LogP contribution in [0.15, 0.2) is 69.9 Å². The van der Waals surface area contributed by atoms with Gasteiger partial charge in [0.1, 0.15) is 19.0 Å². The van der Waals surface area contributed by atoms with Gasteiger partial charge in [0.25, 0.3) is 0 Å². The number of rotatable bonds is 13. The molecule has 208 valence electrons. The highest BCUT2D eigenvalue weighted by Crippen LogP contribution is 2.35. The van der Waals surface area contributed by atoms with E-state index < -0.39 is 24.3 Å². The number of methoxy groups -OCH3 is 1. The fourth-order valence-electron chi connectivity index (χ4n) is 3.72. The molecule has 39 heavy (non-hydrogen) atoms. The smallest absolute Gasteiger partial charge is 0.337 e. The molecule has 0 aromatic heterocycles. The molecule has 3 rings (SSSR count). The zero-order valence-corrected chi connectivity index (χ0v) is 23.4.